The molecule has 4 nitrogen and oxygen atoms in total. The molecule has 0 aliphatic carbocycles. The van der Waals surface area contributed by atoms with Crippen molar-refractivity contribution in [1.29, 1.82) is 5.41 Å². The van der Waals surface area contributed by atoms with Gasteiger partial charge in [0.2, 0.25) is 0 Å². The van der Waals surface area contributed by atoms with Crippen LogP contribution in [0.4, 0.5) is 5.69 Å². The Labute approximate surface area is 117 Å². The average Bonchev–Trinajstić information content (AvgIpc) is 2.79. The third-order valence-corrected chi connectivity index (χ3v) is 6.85. The highest BCUT2D eigenvalue weighted by Gasteiger charge is 2.48. The summed E-state index contributed by atoms with van der Waals surface area (Å²) in [5.41, 5.74) is 2.16. The Hall–Kier alpha value is -1.01. The van der Waals surface area contributed by atoms with Crippen LogP contribution in [0.25, 0.3) is 0 Å². The zero-order valence-electron chi connectivity index (χ0n) is 10.7. The van der Waals surface area contributed by atoms with Crippen LogP contribution in [0, 0.1) is 5.41 Å². The Bertz CT molecular complexity index is 627. The molecule has 0 saturated carbocycles. The van der Waals surface area contributed by atoms with Crippen LogP contribution in [0.15, 0.2) is 24.3 Å². The molecular weight excluding hydrogens is 280 g/mol. The van der Waals surface area contributed by atoms with Crippen LogP contribution < -0.4 is 4.90 Å². The van der Waals surface area contributed by atoms with E-state index in [1.54, 1.807) is 0 Å². The normalized spacial score (nSPS) is 28.7. The van der Waals surface area contributed by atoms with Crippen molar-refractivity contribution >= 4 is 32.5 Å². The van der Waals surface area contributed by atoms with Crippen molar-refractivity contribution in [1.82, 2.24) is 0 Å². The van der Waals surface area contributed by atoms with Crippen LogP contribution in [0.2, 0.25) is 0 Å². The summed E-state index contributed by atoms with van der Waals surface area (Å²) < 4.78 is 23.5. The van der Waals surface area contributed by atoms with Crippen molar-refractivity contribution in [2.45, 2.75) is 24.6 Å². The van der Waals surface area contributed by atoms with E-state index in [4.69, 9.17) is 5.41 Å². The van der Waals surface area contributed by atoms with E-state index in [1.165, 1.54) is 11.8 Å². The molecule has 0 unspecified atom stereocenters. The van der Waals surface area contributed by atoms with E-state index in [0.29, 0.717) is 5.17 Å². The summed E-state index contributed by atoms with van der Waals surface area (Å²) >= 11 is 1.39. The van der Waals surface area contributed by atoms with Gasteiger partial charge < -0.3 is 4.90 Å². The molecule has 0 aromatic heterocycles. The summed E-state index contributed by atoms with van der Waals surface area (Å²) in [6, 6.07) is 7.89. The van der Waals surface area contributed by atoms with E-state index in [0.717, 1.165) is 17.7 Å². The molecule has 2 saturated heterocycles. The number of thioether (sulfide) groups is 1. The fourth-order valence-electron chi connectivity index (χ4n) is 2.83. The maximum atomic E-state index is 11.8. The van der Waals surface area contributed by atoms with Gasteiger partial charge in [0.05, 0.1) is 17.5 Å². The largest absolute Gasteiger partial charge is 0.316 e. The van der Waals surface area contributed by atoms with Gasteiger partial charge in [0, 0.05) is 10.9 Å². The lowest BCUT2D eigenvalue weighted by molar-refractivity contribution is 0.601. The highest BCUT2D eigenvalue weighted by Crippen LogP contribution is 2.41. The van der Waals surface area contributed by atoms with Gasteiger partial charge in [0.25, 0.3) is 0 Å². The standard InChI is InChI=1S/C13H16N2O2S2/c1-2-9-5-3-4-6-10(9)15-11-7-19(16,17)8-12(11)18-13(15)14/h3-6,11-12,14H,2,7-8H2,1H3/t11-,12+/m1/s1. The second-order valence-electron chi connectivity index (χ2n) is 4.96. The number of hydrogen-bond donors (Lipinski definition) is 1. The molecule has 2 fully saturated rings. The molecule has 102 valence electrons. The third-order valence-electron chi connectivity index (χ3n) is 3.72. The molecule has 0 bridgehead atoms. The van der Waals surface area contributed by atoms with E-state index in [-0.39, 0.29) is 22.8 Å². The molecule has 2 aliphatic heterocycles. The van der Waals surface area contributed by atoms with Crippen LogP contribution in [0.1, 0.15) is 12.5 Å². The molecular formula is C13H16N2O2S2. The monoisotopic (exact) mass is 296 g/mol. The van der Waals surface area contributed by atoms with Gasteiger partial charge in [-0.1, -0.05) is 36.9 Å². The summed E-state index contributed by atoms with van der Waals surface area (Å²) in [7, 11) is -2.95. The lowest BCUT2D eigenvalue weighted by Gasteiger charge is -2.26. The predicted molar refractivity (Wildman–Crippen MR) is 79.8 cm³/mol. The SMILES string of the molecule is CCc1ccccc1N1C(=N)S[C@H]2CS(=O)(=O)C[C@H]21. The molecule has 0 spiro atoms. The second-order valence-corrected chi connectivity index (χ2v) is 8.34. The number of anilines is 1. The maximum Gasteiger partial charge on any atom is 0.161 e. The summed E-state index contributed by atoms with van der Waals surface area (Å²) in [4.78, 5) is 1.92. The highest BCUT2D eigenvalue weighted by atomic mass is 32.2. The number of sulfone groups is 1. The van der Waals surface area contributed by atoms with E-state index in [2.05, 4.69) is 6.92 Å². The first-order chi connectivity index (χ1) is 9.02. The number of aryl methyl sites for hydroxylation is 1. The summed E-state index contributed by atoms with van der Waals surface area (Å²) in [6.07, 6.45) is 0.884. The summed E-state index contributed by atoms with van der Waals surface area (Å²) in [6.45, 7) is 2.08. The lowest BCUT2D eigenvalue weighted by Crippen LogP contribution is -2.37. The Morgan fingerprint density at radius 1 is 1.37 bits per heavy atom. The zero-order valence-corrected chi connectivity index (χ0v) is 12.3. The van der Waals surface area contributed by atoms with Gasteiger partial charge in [0.1, 0.15) is 0 Å². The van der Waals surface area contributed by atoms with Crippen molar-refractivity contribution in [3.63, 3.8) is 0 Å². The minimum absolute atomic E-state index is 0.0161. The van der Waals surface area contributed by atoms with E-state index >= 15 is 0 Å². The van der Waals surface area contributed by atoms with Crippen molar-refractivity contribution in [3.8, 4) is 0 Å². The first-order valence-electron chi connectivity index (χ1n) is 6.34. The van der Waals surface area contributed by atoms with Gasteiger partial charge in [-0.15, -0.1) is 0 Å². The molecule has 2 heterocycles. The zero-order chi connectivity index (χ0) is 13.6. The van der Waals surface area contributed by atoms with Crippen LogP contribution in [-0.2, 0) is 16.3 Å². The van der Waals surface area contributed by atoms with Crippen LogP contribution >= 0.6 is 11.8 Å². The maximum absolute atomic E-state index is 11.8. The number of rotatable bonds is 2. The molecule has 2 aliphatic rings. The van der Waals surface area contributed by atoms with Crippen LogP contribution in [0.3, 0.4) is 0 Å². The molecule has 0 amide bonds. The fraction of sp³-hybridized carbons (Fsp3) is 0.462. The van der Waals surface area contributed by atoms with E-state index in [9.17, 15) is 8.42 Å². The molecule has 2 atom stereocenters. The molecule has 1 aromatic carbocycles. The van der Waals surface area contributed by atoms with Crippen molar-refractivity contribution in [2.24, 2.45) is 0 Å². The van der Waals surface area contributed by atoms with Gasteiger partial charge in [-0.25, -0.2) is 8.42 Å². The Morgan fingerprint density at radius 3 is 2.84 bits per heavy atom. The second kappa shape index (κ2) is 4.52. The number of amidine groups is 1. The number of benzene rings is 1. The van der Waals surface area contributed by atoms with Crippen LogP contribution in [-0.4, -0.2) is 36.4 Å². The van der Waals surface area contributed by atoms with Gasteiger partial charge in [-0.05, 0) is 18.1 Å². The topological polar surface area (TPSA) is 61.2 Å². The molecule has 0 radical (unpaired) electrons. The minimum Gasteiger partial charge on any atom is -0.316 e. The first kappa shape index (κ1) is 13.0. The quantitative estimate of drug-likeness (QED) is 0.905. The third kappa shape index (κ3) is 2.17. The molecule has 3 rings (SSSR count). The Kier molecular flexibility index (Phi) is 3.09. The van der Waals surface area contributed by atoms with Gasteiger partial charge in [0.15, 0.2) is 15.0 Å². The van der Waals surface area contributed by atoms with Crippen molar-refractivity contribution < 1.29 is 8.42 Å². The number of para-hydroxylation sites is 1. The highest BCUT2D eigenvalue weighted by molar-refractivity contribution is 8.15. The molecule has 19 heavy (non-hydrogen) atoms. The number of nitrogens with one attached hydrogen (secondary N) is 1. The summed E-state index contributed by atoms with van der Waals surface area (Å²) in [5.74, 6) is 0.376. The Balaban J connectivity index is 2.02. The molecule has 1 aromatic rings. The van der Waals surface area contributed by atoms with Crippen LogP contribution in [0.5, 0.6) is 0 Å². The Morgan fingerprint density at radius 2 is 2.11 bits per heavy atom. The average molecular weight is 296 g/mol. The number of fused-ring (bicyclic) bond motifs is 1. The number of hydrogen-bond acceptors (Lipinski definition) is 4. The molecule has 1 N–H and O–H groups in total. The van der Waals surface area contributed by atoms with Crippen molar-refractivity contribution in [3.05, 3.63) is 29.8 Å². The molecule has 6 heteroatoms. The predicted octanol–water partition coefficient (Wildman–Crippen LogP) is 1.90. The fourth-order valence-corrected chi connectivity index (χ4v) is 6.62. The minimum atomic E-state index is -2.95. The lowest BCUT2D eigenvalue weighted by atomic mass is 10.1. The smallest absolute Gasteiger partial charge is 0.161 e. The van der Waals surface area contributed by atoms with Crippen molar-refractivity contribution in [2.75, 3.05) is 16.4 Å². The van der Waals surface area contributed by atoms with Gasteiger partial charge >= 0.3 is 0 Å². The van der Waals surface area contributed by atoms with Gasteiger partial charge in [-0.3, -0.25) is 5.41 Å². The van der Waals surface area contributed by atoms with E-state index < -0.39 is 9.84 Å². The van der Waals surface area contributed by atoms with E-state index in [1.807, 2.05) is 29.2 Å². The number of nitrogens with zero attached hydrogens (tertiary/aromatic N) is 1. The summed E-state index contributed by atoms with van der Waals surface area (Å²) in [5, 5.41) is 8.63. The first-order valence-corrected chi connectivity index (χ1v) is 9.04. The van der Waals surface area contributed by atoms with Gasteiger partial charge in [-0.2, -0.15) is 0 Å².